The van der Waals surface area contributed by atoms with Crippen LogP contribution in [0.15, 0.2) is 48.6 Å². The van der Waals surface area contributed by atoms with E-state index in [0.29, 0.717) is 25.7 Å². The van der Waals surface area contributed by atoms with Crippen molar-refractivity contribution in [3.63, 3.8) is 0 Å². The fraction of sp³-hybridized carbons (Fsp3) is 0.812. The van der Waals surface area contributed by atoms with Gasteiger partial charge in [0, 0.05) is 25.8 Å². The molecule has 0 rings (SSSR count). The number of esters is 2. The minimum atomic E-state index is -0.682. The summed E-state index contributed by atoms with van der Waals surface area (Å²) in [6, 6.07) is 0. The van der Waals surface area contributed by atoms with Crippen LogP contribution in [0, 0.1) is 0 Å². The number of carbonyl (C=O) groups excluding carboxylic acids is 4. The van der Waals surface area contributed by atoms with Crippen LogP contribution in [0.2, 0.25) is 0 Å². The van der Waals surface area contributed by atoms with Crippen molar-refractivity contribution in [2.45, 2.75) is 285 Å². The molecule has 1 amide bonds. The minimum Gasteiger partial charge on any atom is -0.464 e. The number of hydrogen-bond donors (Lipinski definition) is 0. The highest BCUT2D eigenvalue weighted by molar-refractivity contribution is 5.76. The Hall–Kier alpha value is -3.40. The van der Waals surface area contributed by atoms with E-state index in [1.54, 1.807) is 4.90 Å². The lowest BCUT2D eigenvalue weighted by molar-refractivity contribution is -0.148. The molecular weight excluding hydrogens is 925 g/mol. The van der Waals surface area contributed by atoms with Gasteiger partial charge >= 0.3 is 18.1 Å². The minimum absolute atomic E-state index is 0.0725. The Morgan fingerprint density at radius 3 is 1.22 bits per heavy atom. The van der Waals surface area contributed by atoms with Crippen molar-refractivity contribution in [1.29, 1.82) is 0 Å². The molecule has 0 aliphatic heterocycles. The van der Waals surface area contributed by atoms with Crippen LogP contribution in [0.5, 0.6) is 0 Å². The smallest absolute Gasteiger partial charge is 0.464 e. The van der Waals surface area contributed by atoms with Crippen molar-refractivity contribution in [2.24, 2.45) is 0 Å². The number of allylic oxidation sites excluding steroid dienone is 8. The van der Waals surface area contributed by atoms with Crippen LogP contribution in [-0.2, 0) is 33.3 Å². The predicted octanol–water partition coefficient (Wildman–Crippen LogP) is 17.9. The van der Waals surface area contributed by atoms with Crippen LogP contribution >= 0.6 is 0 Å². The number of amides is 1. The highest BCUT2D eigenvalue weighted by Crippen LogP contribution is 2.18. The van der Waals surface area contributed by atoms with Crippen LogP contribution in [-0.4, -0.2) is 92.4 Å². The maximum Gasteiger partial charge on any atom is 0.508 e. The Labute approximate surface area is 456 Å². The Balaban J connectivity index is 5.15. The summed E-state index contributed by atoms with van der Waals surface area (Å²) in [6.07, 6.45) is 56.3. The zero-order chi connectivity index (χ0) is 54.1. The third-order valence-electron chi connectivity index (χ3n) is 13.8. The van der Waals surface area contributed by atoms with E-state index in [1.165, 1.54) is 96.3 Å². The molecule has 1 atom stereocenters. The second kappa shape index (κ2) is 57.3. The number of rotatable bonds is 55. The molecule has 0 spiro atoms. The van der Waals surface area contributed by atoms with Gasteiger partial charge in [-0.1, -0.05) is 205 Å². The fourth-order valence-electron chi connectivity index (χ4n) is 8.92. The van der Waals surface area contributed by atoms with E-state index in [4.69, 9.17) is 18.9 Å². The number of ether oxygens (including phenoxy) is 4. The molecule has 430 valence electrons. The maximum atomic E-state index is 13.9. The van der Waals surface area contributed by atoms with Gasteiger partial charge in [0.2, 0.25) is 5.91 Å². The topological polar surface area (TPSA) is 112 Å². The molecule has 0 N–H and O–H groups in total. The summed E-state index contributed by atoms with van der Waals surface area (Å²) in [5, 5.41) is 0. The number of unbranched alkanes of at least 4 members (excludes halogenated alkanes) is 25. The summed E-state index contributed by atoms with van der Waals surface area (Å²) < 4.78 is 22.6. The lowest BCUT2D eigenvalue weighted by Crippen LogP contribution is -2.38. The lowest BCUT2D eigenvalue weighted by atomic mass is 10.0. The first kappa shape index (κ1) is 70.6. The van der Waals surface area contributed by atoms with Gasteiger partial charge in [0.05, 0.1) is 19.7 Å². The van der Waals surface area contributed by atoms with Crippen LogP contribution in [0.1, 0.15) is 279 Å². The molecule has 0 bridgehead atoms. The summed E-state index contributed by atoms with van der Waals surface area (Å²) in [6.45, 7) is 14.6. The van der Waals surface area contributed by atoms with Gasteiger partial charge in [0.25, 0.3) is 0 Å². The molecule has 0 heterocycles. The summed E-state index contributed by atoms with van der Waals surface area (Å²) in [4.78, 5) is 56.2. The molecule has 0 saturated heterocycles. The predicted molar refractivity (Wildman–Crippen MR) is 312 cm³/mol. The normalized spacial score (nSPS) is 12.2. The zero-order valence-electron chi connectivity index (χ0n) is 48.9. The second-order valence-corrected chi connectivity index (χ2v) is 20.5. The SMILES string of the molecule is CCCCCC=CCC=CCCCCCCCC(=O)OCCN(CCOC(=O)CCCCCCC/C=C\C/C=C\CCCCC)C(=O)CCC(CCCCCCCCCCCC)OC(=O)OCCCN(CC)CC. The molecular formula is C64H116N2O8. The first-order chi connectivity index (χ1) is 36.3. The molecule has 10 nitrogen and oxygen atoms in total. The molecule has 10 heteroatoms. The van der Waals surface area contributed by atoms with Gasteiger partial charge in [-0.15, -0.1) is 0 Å². The Bertz CT molecular complexity index is 1330. The average molecular weight is 1040 g/mol. The van der Waals surface area contributed by atoms with Gasteiger partial charge in [0.15, 0.2) is 0 Å². The van der Waals surface area contributed by atoms with E-state index in [2.05, 4.69) is 88.1 Å². The summed E-state index contributed by atoms with van der Waals surface area (Å²) >= 11 is 0. The standard InChI is InChI=1S/C64H116N2O8/c1-6-11-14-17-20-23-26-28-30-32-34-37-40-43-46-50-62(68)71-58-55-66(56-59-72-63(69)51-47-44-41-38-35-33-31-29-27-24-21-18-15-12-7-2)61(67)53-52-60(49-45-42-39-36-25-22-19-16-13-8-3)74-64(70)73-57-48-54-65(9-4)10-5/h20-21,23-24,28-31,60H,6-19,22,25-27,32-59H2,1-5H3/b23-20-,24-21?,30-28-,31-29?. The van der Waals surface area contributed by atoms with E-state index in [9.17, 15) is 19.2 Å². The van der Waals surface area contributed by atoms with E-state index in [-0.39, 0.29) is 57.2 Å². The zero-order valence-corrected chi connectivity index (χ0v) is 48.9. The van der Waals surface area contributed by atoms with E-state index in [1.807, 2.05) is 0 Å². The van der Waals surface area contributed by atoms with Crippen molar-refractivity contribution < 1.29 is 38.1 Å². The van der Waals surface area contributed by atoms with Gasteiger partial charge < -0.3 is 28.7 Å². The lowest BCUT2D eigenvalue weighted by Gasteiger charge is -2.24. The monoisotopic (exact) mass is 1040 g/mol. The summed E-state index contributed by atoms with van der Waals surface area (Å²) in [7, 11) is 0. The molecule has 0 fully saturated rings. The second-order valence-electron chi connectivity index (χ2n) is 20.5. The molecule has 0 aliphatic carbocycles. The largest absolute Gasteiger partial charge is 0.508 e. The first-order valence-corrected chi connectivity index (χ1v) is 31.1. The van der Waals surface area contributed by atoms with E-state index < -0.39 is 12.3 Å². The number of nitrogens with zero attached hydrogens (tertiary/aromatic N) is 2. The van der Waals surface area contributed by atoms with Gasteiger partial charge in [-0.05, 0) is 116 Å². The van der Waals surface area contributed by atoms with Crippen LogP contribution in [0.3, 0.4) is 0 Å². The van der Waals surface area contributed by atoms with E-state index in [0.717, 1.165) is 135 Å². The molecule has 0 radical (unpaired) electrons. The van der Waals surface area contributed by atoms with Crippen LogP contribution < -0.4 is 0 Å². The molecule has 1 unspecified atom stereocenters. The highest BCUT2D eigenvalue weighted by atomic mass is 16.7. The average Bonchev–Trinajstić information content (AvgIpc) is 3.40. The van der Waals surface area contributed by atoms with Crippen LogP contribution in [0.25, 0.3) is 0 Å². The fourth-order valence-corrected chi connectivity index (χ4v) is 8.92. The molecule has 0 aliphatic rings. The van der Waals surface area contributed by atoms with E-state index >= 15 is 0 Å². The van der Waals surface area contributed by atoms with Crippen molar-refractivity contribution in [1.82, 2.24) is 9.80 Å². The van der Waals surface area contributed by atoms with Crippen molar-refractivity contribution in [3.05, 3.63) is 48.6 Å². The first-order valence-electron chi connectivity index (χ1n) is 31.1. The van der Waals surface area contributed by atoms with Gasteiger partial charge in [0.1, 0.15) is 19.3 Å². The molecule has 0 saturated carbocycles. The van der Waals surface area contributed by atoms with Gasteiger partial charge in [-0.3, -0.25) is 14.4 Å². The van der Waals surface area contributed by atoms with Crippen molar-refractivity contribution in [2.75, 3.05) is 52.5 Å². The molecule has 74 heavy (non-hydrogen) atoms. The number of carbonyl (C=O) groups is 4. The van der Waals surface area contributed by atoms with Crippen molar-refractivity contribution >= 4 is 24.0 Å². The summed E-state index contributed by atoms with van der Waals surface area (Å²) in [5.74, 6) is -0.663. The summed E-state index contributed by atoms with van der Waals surface area (Å²) in [5.41, 5.74) is 0. The van der Waals surface area contributed by atoms with Gasteiger partial charge in [-0.2, -0.15) is 0 Å². The Kier molecular flexibility index (Phi) is 54.7. The Morgan fingerprint density at radius 1 is 0.378 bits per heavy atom. The Morgan fingerprint density at radius 2 is 0.770 bits per heavy atom. The molecule has 0 aromatic rings. The van der Waals surface area contributed by atoms with Crippen molar-refractivity contribution in [3.8, 4) is 0 Å². The van der Waals surface area contributed by atoms with Gasteiger partial charge in [-0.25, -0.2) is 4.79 Å². The maximum absolute atomic E-state index is 13.9. The number of hydrogen-bond acceptors (Lipinski definition) is 9. The third-order valence-corrected chi connectivity index (χ3v) is 13.8. The third kappa shape index (κ3) is 50.7. The highest BCUT2D eigenvalue weighted by Gasteiger charge is 2.21. The molecule has 0 aromatic heterocycles. The quantitative estimate of drug-likeness (QED) is 0.0254. The van der Waals surface area contributed by atoms with Crippen LogP contribution in [0.4, 0.5) is 4.79 Å². The molecule has 0 aromatic carbocycles.